The topological polar surface area (TPSA) is 65.5 Å². The number of esters is 2. The van der Waals surface area contributed by atoms with Crippen LogP contribution < -0.4 is 0 Å². The first kappa shape index (κ1) is 22.1. The van der Waals surface area contributed by atoms with Gasteiger partial charge in [-0.1, -0.05) is 30.3 Å². The molecule has 0 spiro atoms. The van der Waals surface area contributed by atoms with Crippen LogP contribution >= 0.6 is 0 Å². The van der Waals surface area contributed by atoms with Gasteiger partial charge in [-0.15, -0.1) is 0 Å². The van der Waals surface area contributed by atoms with Crippen LogP contribution in [-0.4, -0.2) is 29.6 Å². The molecule has 2 rings (SSSR count). The van der Waals surface area contributed by atoms with Crippen LogP contribution in [0.15, 0.2) is 61.0 Å². The molecule has 1 aromatic carbocycles. The zero-order valence-electron chi connectivity index (χ0n) is 17.3. The summed E-state index contributed by atoms with van der Waals surface area (Å²) < 4.78 is 9.95. The van der Waals surface area contributed by atoms with Crippen LogP contribution in [-0.2, 0) is 31.9 Å². The van der Waals surface area contributed by atoms with E-state index in [0.29, 0.717) is 6.42 Å². The molecule has 0 aliphatic rings. The third-order valence-electron chi connectivity index (χ3n) is 3.83. The number of rotatable bonds is 7. The van der Waals surface area contributed by atoms with Crippen LogP contribution in [0.2, 0.25) is 0 Å². The molecule has 2 aromatic rings. The summed E-state index contributed by atoms with van der Waals surface area (Å²) in [5.74, 6) is -0.774. The minimum absolute atomic E-state index is 0.387. The van der Waals surface area contributed by atoms with E-state index in [1.807, 2.05) is 51.2 Å². The molecule has 5 heteroatoms. The Balaban J connectivity index is 2.24. The molecule has 0 bridgehead atoms. The van der Waals surface area contributed by atoms with Crippen LogP contribution in [0.5, 0.6) is 0 Å². The maximum Gasteiger partial charge on any atom is 0.331 e. The summed E-state index contributed by atoms with van der Waals surface area (Å²) in [6.45, 7) is 5.50. The zero-order chi connectivity index (χ0) is 21.3. The quantitative estimate of drug-likeness (QED) is 0.518. The smallest absolute Gasteiger partial charge is 0.331 e. The molecule has 152 valence electrons. The second kappa shape index (κ2) is 10.4. The van der Waals surface area contributed by atoms with Crippen molar-refractivity contribution in [3.63, 3.8) is 0 Å². The number of carbonyl (C=O) groups excluding carboxylic acids is 2. The van der Waals surface area contributed by atoms with Crippen molar-refractivity contribution in [2.45, 2.75) is 39.2 Å². The first-order valence-electron chi connectivity index (χ1n) is 9.42. The van der Waals surface area contributed by atoms with E-state index in [9.17, 15) is 9.59 Å². The molecular formula is C24H27NO4. The van der Waals surface area contributed by atoms with Gasteiger partial charge in [-0.3, -0.25) is 4.98 Å². The lowest BCUT2D eigenvalue weighted by molar-refractivity contribution is -0.148. The van der Waals surface area contributed by atoms with E-state index < -0.39 is 5.60 Å². The number of allylic oxidation sites excluding steroid dienone is 1. The van der Waals surface area contributed by atoms with Crippen molar-refractivity contribution in [2.75, 3.05) is 7.11 Å². The fourth-order valence-electron chi connectivity index (χ4n) is 2.71. The molecule has 0 unspecified atom stereocenters. The Morgan fingerprint density at radius 1 is 1.03 bits per heavy atom. The lowest BCUT2D eigenvalue weighted by Gasteiger charge is -2.17. The first-order chi connectivity index (χ1) is 13.7. The van der Waals surface area contributed by atoms with Crippen LogP contribution in [0.3, 0.4) is 0 Å². The summed E-state index contributed by atoms with van der Waals surface area (Å²) in [6.07, 6.45) is 11.2. The second-order valence-corrected chi connectivity index (χ2v) is 7.62. The van der Waals surface area contributed by atoms with Gasteiger partial charge in [-0.2, -0.15) is 0 Å². The second-order valence-electron chi connectivity index (χ2n) is 7.62. The predicted molar refractivity (Wildman–Crippen MR) is 113 cm³/mol. The molecule has 0 aliphatic heterocycles. The molecule has 0 saturated heterocycles. The molecule has 5 nitrogen and oxygen atoms in total. The molecule has 1 heterocycles. The highest BCUT2D eigenvalue weighted by Crippen LogP contribution is 2.17. The largest absolute Gasteiger partial charge is 0.466 e. The summed E-state index contributed by atoms with van der Waals surface area (Å²) in [5.41, 5.74) is 3.56. The minimum atomic E-state index is -0.534. The van der Waals surface area contributed by atoms with Gasteiger partial charge in [-0.25, -0.2) is 9.59 Å². The number of hydrogen-bond acceptors (Lipinski definition) is 5. The number of carbonyl (C=O) groups is 2. The fraction of sp³-hybridized carbons (Fsp3) is 0.292. The van der Waals surface area contributed by atoms with Crippen LogP contribution in [0, 0.1) is 0 Å². The summed E-state index contributed by atoms with van der Waals surface area (Å²) in [4.78, 5) is 27.4. The molecule has 0 saturated carbocycles. The van der Waals surface area contributed by atoms with Crippen molar-refractivity contribution in [1.29, 1.82) is 0 Å². The standard InChI is InChI=1S/C24H27NO4/c1-24(2,3)29-23(27)11-10-19-13-18(7-5-9-22(26)28-4)14-21(15-19)16-20-8-6-12-25-17-20/h5-6,8-15,17H,7,16H2,1-4H3. The summed E-state index contributed by atoms with van der Waals surface area (Å²) >= 11 is 0. The number of aromatic nitrogens is 1. The summed E-state index contributed by atoms with van der Waals surface area (Å²) in [5, 5.41) is 0. The van der Waals surface area contributed by atoms with E-state index in [1.54, 1.807) is 18.3 Å². The third-order valence-corrected chi connectivity index (χ3v) is 3.83. The lowest BCUT2D eigenvalue weighted by Crippen LogP contribution is -2.22. The van der Waals surface area contributed by atoms with E-state index in [2.05, 4.69) is 15.8 Å². The monoisotopic (exact) mass is 393 g/mol. The Morgan fingerprint density at radius 2 is 1.79 bits per heavy atom. The van der Waals surface area contributed by atoms with Gasteiger partial charge in [0, 0.05) is 24.5 Å². The summed E-state index contributed by atoms with van der Waals surface area (Å²) in [7, 11) is 1.35. The van der Waals surface area contributed by atoms with Crippen LogP contribution in [0.4, 0.5) is 0 Å². The van der Waals surface area contributed by atoms with Crippen molar-refractivity contribution in [3.8, 4) is 0 Å². The highest BCUT2D eigenvalue weighted by atomic mass is 16.6. The molecule has 0 radical (unpaired) electrons. The Bertz CT molecular complexity index is 893. The van der Waals surface area contributed by atoms with Crippen molar-refractivity contribution < 1.29 is 19.1 Å². The highest BCUT2D eigenvalue weighted by Gasteiger charge is 2.13. The predicted octanol–water partition coefficient (Wildman–Crippen LogP) is 4.30. The van der Waals surface area contributed by atoms with Crippen molar-refractivity contribution in [2.24, 2.45) is 0 Å². The number of methoxy groups -OCH3 is 1. The number of benzene rings is 1. The van der Waals surface area contributed by atoms with Gasteiger partial charge >= 0.3 is 11.9 Å². The van der Waals surface area contributed by atoms with Gasteiger partial charge in [0.15, 0.2) is 0 Å². The molecule has 0 aliphatic carbocycles. The van der Waals surface area contributed by atoms with Gasteiger partial charge in [0.1, 0.15) is 5.60 Å². The first-order valence-corrected chi connectivity index (χ1v) is 9.42. The summed E-state index contributed by atoms with van der Waals surface area (Å²) in [6, 6.07) is 10.0. The third kappa shape index (κ3) is 8.56. The molecule has 0 atom stereocenters. The Morgan fingerprint density at radius 3 is 2.45 bits per heavy atom. The molecule has 0 amide bonds. The van der Waals surface area contributed by atoms with E-state index in [1.165, 1.54) is 19.3 Å². The molecule has 29 heavy (non-hydrogen) atoms. The van der Waals surface area contributed by atoms with E-state index >= 15 is 0 Å². The Hall–Kier alpha value is -3.21. The molecular weight excluding hydrogens is 366 g/mol. The number of ether oxygens (including phenoxy) is 2. The van der Waals surface area contributed by atoms with Gasteiger partial charge in [0.2, 0.25) is 0 Å². The van der Waals surface area contributed by atoms with Gasteiger partial charge in [0.05, 0.1) is 7.11 Å². The normalized spacial score (nSPS) is 11.7. The van der Waals surface area contributed by atoms with E-state index in [0.717, 1.165) is 28.7 Å². The SMILES string of the molecule is COC(=O)C=CCc1cc(C=CC(=O)OC(C)(C)C)cc(Cc2cccnc2)c1. The van der Waals surface area contributed by atoms with Crippen molar-refractivity contribution in [3.05, 3.63) is 83.2 Å². The average Bonchev–Trinajstić information content (AvgIpc) is 2.65. The lowest BCUT2D eigenvalue weighted by atomic mass is 9.98. The van der Waals surface area contributed by atoms with Crippen LogP contribution in [0.1, 0.15) is 43.0 Å². The van der Waals surface area contributed by atoms with Crippen molar-refractivity contribution >= 4 is 18.0 Å². The molecule has 1 aromatic heterocycles. The maximum atomic E-state index is 12.0. The minimum Gasteiger partial charge on any atom is -0.466 e. The Kier molecular flexibility index (Phi) is 7.89. The van der Waals surface area contributed by atoms with Crippen molar-refractivity contribution in [1.82, 2.24) is 4.98 Å². The van der Waals surface area contributed by atoms with Gasteiger partial charge < -0.3 is 9.47 Å². The Labute approximate surface area is 172 Å². The highest BCUT2D eigenvalue weighted by molar-refractivity contribution is 5.87. The van der Waals surface area contributed by atoms with E-state index in [-0.39, 0.29) is 11.9 Å². The molecule has 0 N–H and O–H groups in total. The van der Waals surface area contributed by atoms with Crippen LogP contribution in [0.25, 0.3) is 6.08 Å². The average molecular weight is 393 g/mol. The number of pyridine rings is 1. The van der Waals surface area contributed by atoms with Gasteiger partial charge in [0.25, 0.3) is 0 Å². The zero-order valence-corrected chi connectivity index (χ0v) is 17.3. The van der Waals surface area contributed by atoms with E-state index in [4.69, 9.17) is 4.74 Å². The van der Waals surface area contributed by atoms with Gasteiger partial charge in [-0.05, 0) is 68.0 Å². The fourth-order valence-corrected chi connectivity index (χ4v) is 2.71. The number of nitrogens with zero attached hydrogens (tertiary/aromatic N) is 1. The molecule has 0 fully saturated rings. The maximum absolute atomic E-state index is 12.0. The number of hydrogen-bond donors (Lipinski definition) is 0.